The summed E-state index contributed by atoms with van der Waals surface area (Å²) in [6.45, 7) is 3.43. The van der Waals surface area contributed by atoms with Crippen molar-refractivity contribution >= 4 is 17.7 Å². The Morgan fingerprint density at radius 3 is 2.87 bits per heavy atom. The lowest BCUT2D eigenvalue weighted by Gasteiger charge is -2.30. The van der Waals surface area contributed by atoms with Crippen LogP contribution in [0.5, 0.6) is 0 Å². The summed E-state index contributed by atoms with van der Waals surface area (Å²) in [5, 5.41) is 12.5. The molecule has 0 spiro atoms. The fraction of sp³-hybridized carbons (Fsp3) is 0.500. The number of nitrogens with zero attached hydrogens (tertiary/aromatic N) is 5. The maximum absolute atomic E-state index is 12.8. The van der Waals surface area contributed by atoms with Crippen molar-refractivity contribution in [3.8, 4) is 0 Å². The number of thioether (sulfide) groups is 1. The molecular weight excluding hydrogens is 310 g/mol. The summed E-state index contributed by atoms with van der Waals surface area (Å²) in [5.74, 6) is 0.162. The van der Waals surface area contributed by atoms with Gasteiger partial charge in [0.2, 0.25) is 11.1 Å². The highest BCUT2D eigenvalue weighted by Gasteiger charge is 2.31. The summed E-state index contributed by atoms with van der Waals surface area (Å²) in [6.07, 6.45) is 3.19. The lowest BCUT2D eigenvalue weighted by Crippen LogP contribution is -2.40. The van der Waals surface area contributed by atoms with Crippen molar-refractivity contribution in [2.75, 3.05) is 6.54 Å². The minimum Gasteiger partial charge on any atom is -0.337 e. The van der Waals surface area contributed by atoms with Crippen molar-refractivity contribution < 1.29 is 4.79 Å². The Hall–Kier alpha value is -1.89. The molecule has 2 heterocycles. The number of amides is 1. The van der Waals surface area contributed by atoms with E-state index in [1.165, 1.54) is 22.9 Å². The molecule has 0 N–H and O–H groups in total. The standard InChI is InChI=1S/C16H19N5OS/c1-11(23-16-17-18-19-21(16)14-6-7-14)15(22)20-9-8-12-4-2-3-5-13(12)10-20/h2-5,11,14H,6-10H2,1H3/t11-/m1/s1. The molecule has 1 fully saturated rings. The van der Waals surface area contributed by atoms with E-state index in [9.17, 15) is 4.79 Å². The first-order valence-electron chi connectivity index (χ1n) is 8.02. The quantitative estimate of drug-likeness (QED) is 0.804. The van der Waals surface area contributed by atoms with Gasteiger partial charge in [0.1, 0.15) is 0 Å². The SMILES string of the molecule is C[C@@H](Sc1nnnn1C1CC1)C(=O)N1CCc2ccccc2C1. The highest BCUT2D eigenvalue weighted by molar-refractivity contribution is 8.00. The third-order valence-electron chi connectivity index (χ3n) is 4.43. The van der Waals surface area contributed by atoms with Crippen LogP contribution in [0.2, 0.25) is 0 Å². The molecule has 0 radical (unpaired) electrons. The van der Waals surface area contributed by atoms with Crippen molar-refractivity contribution in [2.45, 2.75) is 49.2 Å². The Kier molecular flexibility index (Phi) is 3.80. The van der Waals surface area contributed by atoms with Gasteiger partial charge in [-0.3, -0.25) is 4.79 Å². The molecule has 2 aromatic rings. The molecule has 6 nitrogen and oxygen atoms in total. The van der Waals surface area contributed by atoms with E-state index in [2.05, 4.69) is 33.7 Å². The first-order valence-corrected chi connectivity index (χ1v) is 8.90. The van der Waals surface area contributed by atoms with Crippen LogP contribution in [0, 0.1) is 0 Å². The molecule has 1 atom stereocenters. The summed E-state index contributed by atoms with van der Waals surface area (Å²) in [7, 11) is 0. The molecule has 1 aliphatic carbocycles. The third kappa shape index (κ3) is 2.97. The van der Waals surface area contributed by atoms with Gasteiger partial charge < -0.3 is 4.90 Å². The highest BCUT2D eigenvalue weighted by Crippen LogP contribution is 2.37. The summed E-state index contributed by atoms with van der Waals surface area (Å²) in [5.41, 5.74) is 2.61. The Morgan fingerprint density at radius 2 is 2.09 bits per heavy atom. The lowest BCUT2D eigenvalue weighted by molar-refractivity contribution is -0.131. The van der Waals surface area contributed by atoms with Crippen LogP contribution in [-0.4, -0.2) is 42.8 Å². The lowest BCUT2D eigenvalue weighted by atomic mass is 10.00. The molecule has 1 amide bonds. The van der Waals surface area contributed by atoms with Gasteiger partial charge in [-0.2, -0.15) is 0 Å². The summed E-state index contributed by atoms with van der Waals surface area (Å²) in [4.78, 5) is 14.7. The average Bonchev–Trinajstić information content (AvgIpc) is 3.33. The Balaban J connectivity index is 1.43. The van der Waals surface area contributed by atoms with Gasteiger partial charge in [0.25, 0.3) is 0 Å². The van der Waals surface area contributed by atoms with Crippen LogP contribution in [-0.2, 0) is 17.8 Å². The number of hydrogen-bond acceptors (Lipinski definition) is 5. The second kappa shape index (κ2) is 5.96. The molecule has 1 aromatic carbocycles. The van der Waals surface area contributed by atoms with E-state index in [0.717, 1.165) is 31.0 Å². The predicted molar refractivity (Wildman–Crippen MR) is 87.0 cm³/mol. The van der Waals surface area contributed by atoms with E-state index in [0.29, 0.717) is 12.6 Å². The Morgan fingerprint density at radius 1 is 1.30 bits per heavy atom. The zero-order valence-electron chi connectivity index (χ0n) is 13.1. The highest BCUT2D eigenvalue weighted by atomic mass is 32.2. The van der Waals surface area contributed by atoms with Crippen molar-refractivity contribution in [2.24, 2.45) is 0 Å². The number of aromatic nitrogens is 4. The predicted octanol–water partition coefficient (Wildman–Crippen LogP) is 2.07. The van der Waals surface area contributed by atoms with Crippen LogP contribution < -0.4 is 0 Å². The molecule has 1 saturated carbocycles. The van der Waals surface area contributed by atoms with Gasteiger partial charge in [-0.1, -0.05) is 36.0 Å². The maximum Gasteiger partial charge on any atom is 0.236 e. The topological polar surface area (TPSA) is 63.9 Å². The van der Waals surface area contributed by atoms with Gasteiger partial charge in [0, 0.05) is 13.1 Å². The second-order valence-electron chi connectivity index (χ2n) is 6.18. The second-order valence-corrected chi connectivity index (χ2v) is 7.48. The minimum absolute atomic E-state index is 0.162. The van der Waals surface area contributed by atoms with Crippen LogP contribution in [0.25, 0.3) is 0 Å². The fourth-order valence-electron chi connectivity index (χ4n) is 2.96. The number of benzene rings is 1. The molecule has 23 heavy (non-hydrogen) atoms. The first-order chi connectivity index (χ1) is 11.2. The fourth-order valence-corrected chi connectivity index (χ4v) is 3.90. The largest absolute Gasteiger partial charge is 0.337 e. The zero-order chi connectivity index (χ0) is 15.8. The van der Waals surface area contributed by atoms with Crippen molar-refractivity contribution in [1.29, 1.82) is 0 Å². The first kappa shape index (κ1) is 14.7. The molecule has 7 heteroatoms. The van der Waals surface area contributed by atoms with Crippen molar-refractivity contribution in [3.05, 3.63) is 35.4 Å². The van der Waals surface area contributed by atoms with Crippen molar-refractivity contribution in [1.82, 2.24) is 25.1 Å². The van der Waals surface area contributed by atoms with Crippen LogP contribution >= 0.6 is 11.8 Å². The summed E-state index contributed by atoms with van der Waals surface area (Å²) >= 11 is 1.46. The molecule has 0 saturated heterocycles. The van der Waals surface area contributed by atoms with E-state index in [-0.39, 0.29) is 11.2 Å². The summed E-state index contributed by atoms with van der Waals surface area (Å²) < 4.78 is 1.86. The molecular formula is C16H19N5OS. The summed E-state index contributed by atoms with van der Waals surface area (Å²) in [6, 6.07) is 8.79. The Bertz CT molecular complexity index is 727. The van der Waals surface area contributed by atoms with E-state index in [4.69, 9.17) is 0 Å². The molecule has 0 bridgehead atoms. The van der Waals surface area contributed by atoms with E-state index < -0.39 is 0 Å². The Labute approximate surface area is 139 Å². The zero-order valence-corrected chi connectivity index (χ0v) is 13.9. The van der Waals surface area contributed by atoms with Crippen LogP contribution in [0.1, 0.15) is 36.9 Å². The van der Waals surface area contributed by atoms with Gasteiger partial charge in [-0.05, 0) is 47.7 Å². The van der Waals surface area contributed by atoms with E-state index in [1.807, 2.05) is 22.6 Å². The minimum atomic E-state index is -0.177. The van der Waals surface area contributed by atoms with Crippen molar-refractivity contribution in [3.63, 3.8) is 0 Å². The normalized spacial score (nSPS) is 18.6. The molecule has 1 aromatic heterocycles. The maximum atomic E-state index is 12.8. The van der Waals surface area contributed by atoms with Crippen LogP contribution in [0.4, 0.5) is 0 Å². The average molecular weight is 329 g/mol. The molecule has 0 unspecified atom stereocenters. The smallest absolute Gasteiger partial charge is 0.236 e. The van der Waals surface area contributed by atoms with Crippen LogP contribution in [0.15, 0.2) is 29.4 Å². The van der Waals surface area contributed by atoms with Gasteiger partial charge >= 0.3 is 0 Å². The van der Waals surface area contributed by atoms with Crippen LogP contribution in [0.3, 0.4) is 0 Å². The molecule has 120 valence electrons. The number of rotatable bonds is 4. The molecule has 1 aliphatic heterocycles. The third-order valence-corrected chi connectivity index (χ3v) is 5.46. The van der Waals surface area contributed by atoms with Gasteiger partial charge in [0.05, 0.1) is 11.3 Å². The number of fused-ring (bicyclic) bond motifs is 1. The molecule has 4 rings (SSSR count). The van der Waals surface area contributed by atoms with E-state index in [1.54, 1.807) is 0 Å². The van der Waals surface area contributed by atoms with E-state index >= 15 is 0 Å². The number of carbonyl (C=O) groups is 1. The van der Waals surface area contributed by atoms with Gasteiger partial charge in [-0.25, -0.2) is 4.68 Å². The van der Waals surface area contributed by atoms with Gasteiger partial charge in [-0.15, -0.1) is 5.10 Å². The van der Waals surface area contributed by atoms with Gasteiger partial charge in [0.15, 0.2) is 0 Å². The monoisotopic (exact) mass is 329 g/mol. The number of tetrazole rings is 1. The number of hydrogen-bond donors (Lipinski definition) is 0. The molecule has 2 aliphatic rings. The number of carbonyl (C=O) groups excluding carboxylic acids is 1.